The van der Waals surface area contributed by atoms with Crippen molar-refractivity contribution in [1.82, 2.24) is 4.90 Å². The molecule has 1 atom stereocenters. The number of nitrogens with one attached hydrogen (secondary N) is 1. The summed E-state index contributed by atoms with van der Waals surface area (Å²) in [5.41, 5.74) is 0.0515. The van der Waals surface area contributed by atoms with Gasteiger partial charge < -0.3 is 5.32 Å². The first-order valence-electron chi connectivity index (χ1n) is 5.01. The molecule has 1 unspecified atom stereocenters. The van der Waals surface area contributed by atoms with Gasteiger partial charge in [-0.3, -0.25) is 14.5 Å². The Morgan fingerprint density at radius 2 is 2.18 bits per heavy atom. The Morgan fingerprint density at radius 1 is 1.47 bits per heavy atom. The molecule has 0 spiro atoms. The highest BCUT2D eigenvalue weighted by molar-refractivity contribution is 6.33. The lowest BCUT2D eigenvalue weighted by molar-refractivity contribution is -0.136. The predicted octanol–water partition coefficient (Wildman–Crippen LogP) is 1.65. The minimum absolute atomic E-state index is 0.0139. The maximum absolute atomic E-state index is 13.5. The summed E-state index contributed by atoms with van der Waals surface area (Å²) in [4.78, 5) is 23.9. The second-order valence-electron chi connectivity index (χ2n) is 3.79. The number of hydrogen-bond acceptors (Lipinski definition) is 3. The smallest absolute Gasteiger partial charge is 0.251 e. The summed E-state index contributed by atoms with van der Waals surface area (Å²) < 4.78 is 13.5. The Balaban J connectivity index is 2.23. The van der Waals surface area contributed by atoms with Crippen molar-refractivity contribution in [3.8, 4) is 0 Å². The van der Waals surface area contributed by atoms with Gasteiger partial charge in [0.15, 0.2) is 0 Å². The van der Waals surface area contributed by atoms with E-state index in [9.17, 15) is 14.0 Å². The van der Waals surface area contributed by atoms with Crippen LogP contribution in [0.25, 0.3) is 0 Å². The number of anilines is 1. The average molecular weight is 257 g/mol. The zero-order valence-electron chi connectivity index (χ0n) is 9.04. The van der Waals surface area contributed by atoms with Gasteiger partial charge in [-0.2, -0.15) is 0 Å². The fraction of sp³-hybridized carbons (Fsp3) is 0.273. The SMILES string of the molecule is CN1C(=O)CC(Nc2c(F)cccc2Cl)C1=O. The molecule has 1 heterocycles. The van der Waals surface area contributed by atoms with E-state index in [4.69, 9.17) is 11.6 Å². The molecule has 0 saturated carbocycles. The number of rotatable bonds is 2. The number of imide groups is 1. The number of likely N-dealkylation sites (tertiary alicyclic amines) is 1. The van der Waals surface area contributed by atoms with Crippen LogP contribution in [0.5, 0.6) is 0 Å². The summed E-state index contributed by atoms with van der Waals surface area (Å²) >= 11 is 5.82. The Kier molecular flexibility index (Phi) is 3.02. The Hall–Kier alpha value is -1.62. The molecule has 1 saturated heterocycles. The van der Waals surface area contributed by atoms with Crippen LogP contribution in [-0.2, 0) is 9.59 Å². The minimum Gasteiger partial charge on any atom is -0.370 e. The molecule has 90 valence electrons. The van der Waals surface area contributed by atoms with E-state index < -0.39 is 11.9 Å². The third-order valence-electron chi connectivity index (χ3n) is 2.66. The summed E-state index contributed by atoms with van der Waals surface area (Å²) in [6, 6.07) is 3.47. The molecule has 1 fully saturated rings. The molecule has 0 radical (unpaired) electrons. The van der Waals surface area contributed by atoms with Gasteiger partial charge in [0.2, 0.25) is 5.91 Å². The van der Waals surface area contributed by atoms with Crippen molar-refractivity contribution in [2.75, 3.05) is 12.4 Å². The van der Waals surface area contributed by atoms with Crippen molar-refractivity contribution in [3.05, 3.63) is 29.0 Å². The van der Waals surface area contributed by atoms with Crippen molar-refractivity contribution in [2.24, 2.45) is 0 Å². The van der Waals surface area contributed by atoms with E-state index in [2.05, 4.69) is 5.32 Å². The molecule has 17 heavy (non-hydrogen) atoms. The Morgan fingerprint density at radius 3 is 2.71 bits per heavy atom. The molecular weight excluding hydrogens is 247 g/mol. The van der Waals surface area contributed by atoms with E-state index in [1.165, 1.54) is 25.2 Å². The van der Waals surface area contributed by atoms with Crippen LogP contribution < -0.4 is 5.32 Å². The van der Waals surface area contributed by atoms with Crippen molar-refractivity contribution in [2.45, 2.75) is 12.5 Å². The summed E-state index contributed by atoms with van der Waals surface area (Å²) in [7, 11) is 1.40. The van der Waals surface area contributed by atoms with E-state index in [0.29, 0.717) is 0 Å². The molecule has 0 aromatic heterocycles. The molecule has 1 aromatic rings. The number of nitrogens with zero attached hydrogens (tertiary/aromatic N) is 1. The monoisotopic (exact) mass is 256 g/mol. The van der Waals surface area contributed by atoms with Gasteiger partial charge in [0.25, 0.3) is 5.91 Å². The summed E-state index contributed by atoms with van der Waals surface area (Å²) in [6.45, 7) is 0. The first-order valence-corrected chi connectivity index (χ1v) is 5.39. The normalized spacial score (nSPS) is 19.9. The van der Waals surface area contributed by atoms with Gasteiger partial charge in [0.1, 0.15) is 11.9 Å². The molecule has 4 nitrogen and oxygen atoms in total. The van der Waals surface area contributed by atoms with Crippen LogP contribution in [0.3, 0.4) is 0 Å². The molecule has 1 N–H and O–H groups in total. The van der Waals surface area contributed by atoms with E-state index >= 15 is 0 Å². The van der Waals surface area contributed by atoms with Gasteiger partial charge in [-0.25, -0.2) is 4.39 Å². The van der Waals surface area contributed by atoms with Crippen molar-refractivity contribution in [3.63, 3.8) is 0 Å². The van der Waals surface area contributed by atoms with Crippen molar-refractivity contribution < 1.29 is 14.0 Å². The molecule has 1 aliphatic heterocycles. The quantitative estimate of drug-likeness (QED) is 0.819. The van der Waals surface area contributed by atoms with Gasteiger partial charge in [-0.1, -0.05) is 17.7 Å². The molecule has 2 amide bonds. The zero-order valence-corrected chi connectivity index (χ0v) is 9.79. The number of amides is 2. The first kappa shape index (κ1) is 11.9. The number of carbonyl (C=O) groups excluding carboxylic acids is 2. The average Bonchev–Trinajstić information content (AvgIpc) is 2.52. The summed E-state index contributed by atoms with van der Waals surface area (Å²) in [5, 5.41) is 2.85. The first-order chi connectivity index (χ1) is 8.00. The molecular formula is C11H10ClFN2O2. The maximum atomic E-state index is 13.5. The molecule has 0 bridgehead atoms. The van der Waals surface area contributed by atoms with Crippen LogP contribution in [0, 0.1) is 5.82 Å². The second kappa shape index (κ2) is 4.33. The van der Waals surface area contributed by atoms with Crippen molar-refractivity contribution in [1.29, 1.82) is 0 Å². The Bertz CT molecular complexity index is 472. The Labute approximate surface area is 102 Å². The lowest BCUT2D eigenvalue weighted by atomic mass is 10.2. The minimum atomic E-state index is -0.748. The van der Waals surface area contributed by atoms with E-state index in [0.717, 1.165) is 4.90 Å². The number of likely N-dealkylation sites (N-methyl/N-ethyl adjacent to an activating group) is 1. The number of para-hydroxylation sites is 1. The lowest BCUT2D eigenvalue weighted by Crippen LogP contribution is -2.32. The third-order valence-corrected chi connectivity index (χ3v) is 2.98. The topological polar surface area (TPSA) is 49.4 Å². The molecule has 2 rings (SSSR count). The van der Waals surface area contributed by atoms with Crippen LogP contribution in [0.2, 0.25) is 5.02 Å². The highest BCUT2D eigenvalue weighted by Gasteiger charge is 2.36. The van der Waals surface area contributed by atoms with E-state index in [1.807, 2.05) is 0 Å². The van der Waals surface area contributed by atoms with Gasteiger partial charge in [-0.05, 0) is 12.1 Å². The van der Waals surface area contributed by atoms with Gasteiger partial charge >= 0.3 is 0 Å². The largest absolute Gasteiger partial charge is 0.370 e. The third kappa shape index (κ3) is 2.10. The maximum Gasteiger partial charge on any atom is 0.251 e. The van der Waals surface area contributed by atoms with Gasteiger partial charge in [0.05, 0.1) is 17.1 Å². The summed E-state index contributed by atoms with van der Waals surface area (Å²) in [6.07, 6.45) is 0.0139. The zero-order chi connectivity index (χ0) is 12.6. The molecule has 1 aromatic carbocycles. The number of carbonyl (C=O) groups is 2. The summed E-state index contributed by atoms with van der Waals surface area (Å²) in [5.74, 6) is -1.22. The van der Waals surface area contributed by atoms with Gasteiger partial charge in [0, 0.05) is 7.05 Å². The highest BCUT2D eigenvalue weighted by Crippen LogP contribution is 2.27. The number of halogens is 2. The van der Waals surface area contributed by atoms with Crippen LogP contribution >= 0.6 is 11.6 Å². The molecule has 0 aliphatic carbocycles. The van der Waals surface area contributed by atoms with Crippen LogP contribution in [0.4, 0.5) is 10.1 Å². The van der Waals surface area contributed by atoms with Crippen molar-refractivity contribution >= 4 is 29.1 Å². The molecule has 6 heteroatoms. The fourth-order valence-corrected chi connectivity index (χ4v) is 1.90. The van der Waals surface area contributed by atoms with E-state index in [-0.39, 0.29) is 28.9 Å². The standard InChI is InChI=1S/C11H10ClFN2O2/c1-15-9(16)5-8(11(15)17)14-10-6(12)3-2-4-7(10)13/h2-4,8,14H,5H2,1H3. The second-order valence-corrected chi connectivity index (χ2v) is 4.20. The van der Waals surface area contributed by atoms with Crippen LogP contribution in [0.1, 0.15) is 6.42 Å². The fourth-order valence-electron chi connectivity index (χ4n) is 1.68. The van der Waals surface area contributed by atoms with E-state index in [1.54, 1.807) is 0 Å². The lowest BCUT2D eigenvalue weighted by Gasteiger charge is -2.14. The van der Waals surface area contributed by atoms with Crippen LogP contribution in [0.15, 0.2) is 18.2 Å². The van der Waals surface area contributed by atoms with Gasteiger partial charge in [-0.15, -0.1) is 0 Å². The van der Waals surface area contributed by atoms with Crippen LogP contribution in [-0.4, -0.2) is 29.8 Å². The number of hydrogen-bond donors (Lipinski definition) is 1. The predicted molar refractivity (Wildman–Crippen MR) is 61.2 cm³/mol. The molecule has 1 aliphatic rings. The number of benzene rings is 1. The highest BCUT2D eigenvalue weighted by atomic mass is 35.5.